The van der Waals surface area contributed by atoms with E-state index in [9.17, 15) is 39.2 Å². The minimum atomic E-state index is -4.78. The van der Waals surface area contributed by atoms with Crippen LogP contribution < -0.4 is 5.73 Å². The summed E-state index contributed by atoms with van der Waals surface area (Å²) in [6, 6.07) is -1.56. The molecular weight excluding hydrogens is 829 g/mol. The highest BCUT2D eigenvalue weighted by atomic mass is 31.2. The average Bonchev–Trinajstić information content (AvgIpc) is 3.52. The van der Waals surface area contributed by atoms with Gasteiger partial charge in [0.1, 0.15) is 12.6 Å². The summed E-state index contributed by atoms with van der Waals surface area (Å²) in [6.07, 6.45) is 31.9. The third-order valence-electron chi connectivity index (χ3n) is 12.1. The number of nitrogens with two attached hydrogens (primary N) is 1. The third-order valence-corrected chi connectivity index (χ3v) is 13.1. The lowest BCUT2D eigenvalue weighted by Gasteiger charge is -2.21. The first-order chi connectivity index (χ1) is 30.3. The number of carbonyl (C=O) groups excluding carboxylic acids is 2. The van der Waals surface area contributed by atoms with Crippen molar-refractivity contribution in [3.05, 3.63) is 12.2 Å². The molecule has 0 heterocycles. The fraction of sp³-hybridized carbons (Fsp3) is 0.896. The number of aliphatic hydroxyl groups excluding tert-OH is 3. The second-order valence-corrected chi connectivity index (χ2v) is 19.4. The molecule has 0 aromatic rings. The van der Waals surface area contributed by atoms with Crippen molar-refractivity contribution in [2.75, 3.05) is 19.8 Å². The lowest BCUT2D eigenvalue weighted by atomic mass is 9.88. The highest BCUT2D eigenvalue weighted by molar-refractivity contribution is 7.47. The first-order valence-electron chi connectivity index (χ1n) is 25.0. The van der Waals surface area contributed by atoms with Gasteiger partial charge in [-0.1, -0.05) is 180 Å². The smallest absolute Gasteiger partial charge is 0.472 e. The van der Waals surface area contributed by atoms with Crippen molar-refractivity contribution in [1.82, 2.24) is 0 Å². The number of esters is 2. The number of hydrogen-bond acceptors (Lipinski definition) is 12. The Morgan fingerprint density at radius 3 is 1.63 bits per heavy atom. The van der Waals surface area contributed by atoms with Crippen molar-refractivity contribution in [2.45, 2.75) is 243 Å². The fourth-order valence-electron chi connectivity index (χ4n) is 8.16. The summed E-state index contributed by atoms with van der Waals surface area (Å²) in [5.41, 5.74) is 5.35. The summed E-state index contributed by atoms with van der Waals surface area (Å²) < 4.78 is 32.8. The van der Waals surface area contributed by atoms with Crippen LogP contribution in [0.3, 0.4) is 0 Å². The zero-order valence-corrected chi connectivity index (χ0v) is 40.2. The quantitative estimate of drug-likeness (QED) is 0.0145. The monoisotopic (exact) mass is 920 g/mol. The largest absolute Gasteiger partial charge is 0.480 e. The van der Waals surface area contributed by atoms with Gasteiger partial charge in [0.25, 0.3) is 0 Å². The number of rotatable bonds is 43. The second kappa shape index (κ2) is 38.2. The molecule has 0 amide bonds. The second-order valence-electron chi connectivity index (χ2n) is 17.9. The SMILES string of the molecule is CCCCCCCCCCCCCCCCCCCCCC(=O)OC[C@H](COP(=O)(O)OC[C@H](N)C(=O)O)OC(=O)CCCCCC[C@@H]1[C@@H](/C=C/[C@@H](O)CCCCC)[C@H](O)C[C@@H]1O. The zero-order valence-electron chi connectivity index (χ0n) is 39.3. The van der Waals surface area contributed by atoms with Crippen molar-refractivity contribution < 1.29 is 62.8 Å². The van der Waals surface area contributed by atoms with Gasteiger partial charge in [0.05, 0.1) is 31.5 Å². The minimum absolute atomic E-state index is 0.0383. The molecule has 0 radical (unpaired) electrons. The van der Waals surface area contributed by atoms with Crippen LogP contribution in [0.25, 0.3) is 0 Å². The van der Waals surface area contributed by atoms with Gasteiger partial charge in [0.15, 0.2) is 6.10 Å². The standard InChI is InChI=1S/C48H90NO13P/c1-3-5-7-8-9-10-11-12-13-14-15-16-17-18-19-20-21-22-27-31-46(53)59-36-40(37-60-63(57,58)61-38-43(49)48(55)56)62-47(54)32-28-24-23-26-30-41-42(45(52)35-44(41)51)34-33-39(50)29-25-6-4-2/h33-34,39-45,50-52H,3-32,35-38,49H2,1-2H3,(H,55,56)(H,57,58)/b34-33+/t39-,40+,41+,42+,43-,44-,45+/m0/s1. The number of ether oxygens (including phenoxy) is 2. The molecule has 1 rings (SSSR count). The molecule has 15 heteroatoms. The maximum absolute atomic E-state index is 12.8. The lowest BCUT2D eigenvalue weighted by Crippen LogP contribution is -2.34. The molecule has 0 aliphatic heterocycles. The summed E-state index contributed by atoms with van der Waals surface area (Å²) in [6.45, 7) is 2.53. The van der Waals surface area contributed by atoms with Gasteiger partial charge in [-0.25, -0.2) is 4.57 Å². The molecule has 0 aromatic heterocycles. The first kappa shape index (κ1) is 59.1. The van der Waals surface area contributed by atoms with E-state index in [1.807, 2.05) is 6.08 Å². The number of hydrogen-bond donors (Lipinski definition) is 6. The number of carboxylic acid groups (broad SMARTS) is 1. The fourth-order valence-corrected chi connectivity index (χ4v) is 8.94. The Morgan fingerprint density at radius 2 is 1.11 bits per heavy atom. The summed E-state index contributed by atoms with van der Waals surface area (Å²) in [5.74, 6) is -2.88. The van der Waals surface area contributed by atoms with Crippen LogP contribution in [0.5, 0.6) is 0 Å². The van der Waals surface area contributed by atoms with Crippen LogP contribution in [-0.4, -0.2) is 93.5 Å². The Labute approximate surface area is 380 Å². The van der Waals surface area contributed by atoms with Crippen LogP contribution in [0.1, 0.15) is 213 Å². The van der Waals surface area contributed by atoms with Gasteiger partial charge < -0.3 is 40.5 Å². The summed E-state index contributed by atoms with van der Waals surface area (Å²) in [4.78, 5) is 46.4. The maximum Gasteiger partial charge on any atom is 0.472 e. The predicted molar refractivity (Wildman–Crippen MR) is 247 cm³/mol. The molecule has 0 spiro atoms. The van der Waals surface area contributed by atoms with Gasteiger partial charge in [-0.15, -0.1) is 0 Å². The third kappa shape index (κ3) is 32.4. The van der Waals surface area contributed by atoms with Crippen LogP contribution in [0.15, 0.2) is 12.2 Å². The van der Waals surface area contributed by atoms with Gasteiger partial charge in [-0.2, -0.15) is 0 Å². The number of phosphoric ester groups is 1. The number of carbonyl (C=O) groups is 3. The Morgan fingerprint density at radius 1 is 0.651 bits per heavy atom. The Hall–Kier alpha value is -1.90. The van der Waals surface area contributed by atoms with Crippen LogP contribution in [0, 0.1) is 11.8 Å². The van der Waals surface area contributed by atoms with Crippen molar-refractivity contribution in [2.24, 2.45) is 17.6 Å². The number of carboxylic acids is 1. The molecule has 1 fully saturated rings. The van der Waals surface area contributed by atoms with Crippen molar-refractivity contribution in [3.8, 4) is 0 Å². The van der Waals surface area contributed by atoms with E-state index < -0.39 is 76.0 Å². The van der Waals surface area contributed by atoms with Crippen LogP contribution in [0.2, 0.25) is 0 Å². The molecule has 1 unspecified atom stereocenters. The van der Waals surface area contributed by atoms with Gasteiger partial charge >= 0.3 is 25.7 Å². The van der Waals surface area contributed by atoms with E-state index in [4.69, 9.17) is 24.8 Å². The molecule has 0 bridgehead atoms. The maximum atomic E-state index is 12.8. The summed E-state index contributed by atoms with van der Waals surface area (Å²) >= 11 is 0. The van der Waals surface area contributed by atoms with Gasteiger partial charge in [0, 0.05) is 25.2 Å². The van der Waals surface area contributed by atoms with E-state index in [0.717, 1.165) is 51.4 Å². The Bertz CT molecular complexity index is 1240. The van der Waals surface area contributed by atoms with E-state index in [-0.39, 0.29) is 24.7 Å². The number of aliphatic hydroxyl groups is 3. The lowest BCUT2D eigenvalue weighted by molar-refractivity contribution is -0.161. The molecule has 14 nitrogen and oxygen atoms in total. The minimum Gasteiger partial charge on any atom is -0.480 e. The van der Waals surface area contributed by atoms with Crippen molar-refractivity contribution in [1.29, 1.82) is 0 Å². The van der Waals surface area contributed by atoms with Crippen LogP contribution >= 0.6 is 7.82 Å². The van der Waals surface area contributed by atoms with Gasteiger partial charge in [-0.05, 0) is 31.6 Å². The van der Waals surface area contributed by atoms with E-state index >= 15 is 0 Å². The molecule has 63 heavy (non-hydrogen) atoms. The highest BCUT2D eigenvalue weighted by Gasteiger charge is 2.39. The van der Waals surface area contributed by atoms with Crippen LogP contribution in [0.4, 0.5) is 0 Å². The molecular formula is C48H90NO13P. The summed E-state index contributed by atoms with van der Waals surface area (Å²) in [5, 5.41) is 40.4. The zero-order chi connectivity index (χ0) is 46.6. The number of unbranched alkanes of at least 4 members (excludes halogenated alkanes) is 23. The van der Waals surface area contributed by atoms with Crippen LogP contribution in [-0.2, 0) is 37.5 Å². The molecule has 1 saturated carbocycles. The van der Waals surface area contributed by atoms with Gasteiger partial charge in [-0.3, -0.25) is 23.4 Å². The molecule has 370 valence electrons. The molecule has 8 atom stereocenters. The average molecular weight is 920 g/mol. The van der Waals surface area contributed by atoms with Crippen molar-refractivity contribution >= 4 is 25.7 Å². The number of aliphatic carboxylic acids is 1. The number of phosphoric acid groups is 1. The summed E-state index contributed by atoms with van der Waals surface area (Å²) in [7, 11) is -4.78. The molecule has 1 aliphatic rings. The van der Waals surface area contributed by atoms with Gasteiger partial charge in [0.2, 0.25) is 0 Å². The van der Waals surface area contributed by atoms with E-state index in [1.54, 1.807) is 6.08 Å². The highest BCUT2D eigenvalue weighted by Crippen LogP contribution is 2.43. The molecule has 7 N–H and O–H groups in total. The predicted octanol–water partition coefficient (Wildman–Crippen LogP) is 10.0. The molecule has 0 saturated heterocycles. The first-order valence-corrected chi connectivity index (χ1v) is 26.5. The Balaban J connectivity index is 2.38. The van der Waals surface area contributed by atoms with E-state index in [0.29, 0.717) is 38.5 Å². The topological polar surface area (TPSA) is 232 Å². The molecule has 0 aromatic carbocycles. The van der Waals surface area contributed by atoms with Crippen molar-refractivity contribution in [3.63, 3.8) is 0 Å². The van der Waals surface area contributed by atoms with E-state index in [2.05, 4.69) is 18.4 Å². The Kier molecular flexibility index (Phi) is 35.9. The van der Waals surface area contributed by atoms with E-state index in [1.165, 1.54) is 96.3 Å². The molecule has 1 aliphatic carbocycles. The normalized spacial score (nSPS) is 20.1.